The second-order valence-electron chi connectivity index (χ2n) is 9.89. The van der Waals surface area contributed by atoms with Gasteiger partial charge in [-0.25, -0.2) is 0 Å². The van der Waals surface area contributed by atoms with Crippen molar-refractivity contribution in [1.82, 2.24) is 10.2 Å². The summed E-state index contributed by atoms with van der Waals surface area (Å²) in [7, 11) is 0. The first-order chi connectivity index (χ1) is 16.1. The van der Waals surface area contributed by atoms with Crippen molar-refractivity contribution >= 4 is 33.3 Å². The van der Waals surface area contributed by atoms with Crippen LogP contribution in [0.15, 0.2) is 45.6 Å². The average Bonchev–Trinajstić information content (AvgIpc) is 3.37. The maximum Gasteiger partial charge on any atom is 0.297 e. The molecule has 7 heteroatoms. The molecule has 0 bridgehead atoms. The smallest absolute Gasteiger partial charge is 0.297 e. The van der Waals surface area contributed by atoms with E-state index < -0.39 is 6.04 Å². The highest BCUT2D eigenvalue weighted by molar-refractivity contribution is 7.15. The maximum absolute atomic E-state index is 13.8. The van der Waals surface area contributed by atoms with Crippen LogP contribution in [0.25, 0.3) is 11.0 Å². The first-order valence-electron chi connectivity index (χ1n) is 11.4. The van der Waals surface area contributed by atoms with Crippen LogP contribution in [0.4, 0.5) is 5.13 Å². The molecule has 0 fully saturated rings. The summed E-state index contributed by atoms with van der Waals surface area (Å²) in [5.74, 6) is -0.283. The van der Waals surface area contributed by atoms with Crippen molar-refractivity contribution in [2.75, 3.05) is 4.90 Å². The number of nitrogens with zero attached hydrogens (tertiary/aromatic N) is 3. The Balaban J connectivity index is 1.77. The first-order valence-corrected chi connectivity index (χ1v) is 12.3. The lowest BCUT2D eigenvalue weighted by Crippen LogP contribution is -2.29. The summed E-state index contributed by atoms with van der Waals surface area (Å²) in [6, 6.07) is 11.2. The monoisotopic (exact) mass is 473 g/mol. The Morgan fingerprint density at radius 3 is 2.32 bits per heavy atom. The van der Waals surface area contributed by atoms with Crippen LogP contribution in [-0.4, -0.2) is 16.1 Å². The Labute approximate surface area is 202 Å². The van der Waals surface area contributed by atoms with Gasteiger partial charge in [0.25, 0.3) is 5.91 Å². The van der Waals surface area contributed by atoms with Crippen LogP contribution < -0.4 is 10.3 Å². The molecule has 1 amide bonds. The molecular weight excluding hydrogens is 446 g/mol. The second kappa shape index (κ2) is 7.87. The molecule has 1 unspecified atom stereocenters. The number of anilines is 1. The summed E-state index contributed by atoms with van der Waals surface area (Å²) in [6.45, 7) is 12.4. The van der Waals surface area contributed by atoms with E-state index in [-0.39, 0.29) is 22.5 Å². The number of hydrogen-bond acceptors (Lipinski definition) is 6. The van der Waals surface area contributed by atoms with Gasteiger partial charge < -0.3 is 4.42 Å². The summed E-state index contributed by atoms with van der Waals surface area (Å²) < 4.78 is 6.11. The summed E-state index contributed by atoms with van der Waals surface area (Å²) in [4.78, 5) is 29.1. The van der Waals surface area contributed by atoms with Gasteiger partial charge in [-0.05, 0) is 60.1 Å². The molecule has 4 aromatic rings. The van der Waals surface area contributed by atoms with Crippen molar-refractivity contribution < 1.29 is 9.21 Å². The number of amides is 1. The maximum atomic E-state index is 13.8. The highest BCUT2D eigenvalue weighted by atomic mass is 32.1. The molecule has 174 valence electrons. The lowest BCUT2D eigenvalue weighted by atomic mass is 9.86. The fraction of sp³-hybridized carbons (Fsp3) is 0.333. The minimum absolute atomic E-state index is 0.0124. The van der Waals surface area contributed by atoms with Gasteiger partial charge in [-0.1, -0.05) is 63.3 Å². The van der Waals surface area contributed by atoms with Crippen molar-refractivity contribution in [2.24, 2.45) is 0 Å². The Bertz CT molecular complexity index is 1490. The van der Waals surface area contributed by atoms with Gasteiger partial charge in [-0.3, -0.25) is 14.5 Å². The van der Waals surface area contributed by atoms with E-state index in [4.69, 9.17) is 4.42 Å². The van der Waals surface area contributed by atoms with Crippen molar-refractivity contribution in [3.8, 4) is 0 Å². The van der Waals surface area contributed by atoms with Gasteiger partial charge in [0.1, 0.15) is 10.6 Å². The molecule has 0 spiro atoms. The largest absolute Gasteiger partial charge is 0.450 e. The standard InChI is InChI=1S/C27H27N3O3S/c1-7-20-28-29-26(34-20)30-22(16-8-10-17(11-9-16)27(4,5)6)21-23(31)18-12-14(2)15(3)13-19(18)33-24(21)25(30)32/h8-13,22H,7H2,1-6H3. The molecule has 2 aromatic carbocycles. The van der Waals surface area contributed by atoms with Crippen molar-refractivity contribution in [3.63, 3.8) is 0 Å². The Morgan fingerprint density at radius 1 is 1.03 bits per heavy atom. The number of hydrogen-bond donors (Lipinski definition) is 0. The van der Waals surface area contributed by atoms with Crippen LogP contribution in [0.2, 0.25) is 0 Å². The molecule has 5 rings (SSSR count). The van der Waals surface area contributed by atoms with Crippen LogP contribution >= 0.6 is 11.3 Å². The molecular formula is C27H27N3O3S. The first kappa shape index (κ1) is 22.5. The zero-order chi connectivity index (χ0) is 24.4. The van der Waals surface area contributed by atoms with E-state index in [1.54, 1.807) is 4.90 Å². The number of aryl methyl sites for hydroxylation is 3. The van der Waals surface area contributed by atoms with E-state index in [1.165, 1.54) is 16.9 Å². The predicted molar refractivity (Wildman–Crippen MR) is 135 cm³/mol. The van der Waals surface area contributed by atoms with Gasteiger partial charge in [0, 0.05) is 0 Å². The molecule has 0 aliphatic carbocycles. The molecule has 1 aliphatic rings. The fourth-order valence-corrected chi connectivity index (χ4v) is 5.20. The van der Waals surface area contributed by atoms with Crippen LogP contribution in [0.1, 0.15) is 77.1 Å². The molecule has 0 N–H and O–H groups in total. The topological polar surface area (TPSA) is 76.3 Å². The van der Waals surface area contributed by atoms with Crippen molar-refractivity contribution in [1.29, 1.82) is 0 Å². The van der Waals surface area contributed by atoms with E-state index >= 15 is 0 Å². The quantitative estimate of drug-likeness (QED) is 0.372. The van der Waals surface area contributed by atoms with Gasteiger partial charge in [0.2, 0.25) is 10.9 Å². The van der Waals surface area contributed by atoms with Crippen LogP contribution in [-0.2, 0) is 11.8 Å². The normalized spacial score (nSPS) is 15.9. The zero-order valence-electron chi connectivity index (χ0n) is 20.2. The van der Waals surface area contributed by atoms with Gasteiger partial charge in [0.15, 0.2) is 5.43 Å². The summed E-state index contributed by atoms with van der Waals surface area (Å²) in [5.41, 5.74) is 4.61. The third-order valence-electron chi connectivity index (χ3n) is 6.54. The third kappa shape index (κ3) is 3.46. The molecule has 2 aromatic heterocycles. The van der Waals surface area contributed by atoms with Crippen molar-refractivity contribution in [2.45, 2.75) is 59.4 Å². The van der Waals surface area contributed by atoms with E-state index in [9.17, 15) is 9.59 Å². The minimum Gasteiger partial charge on any atom is -0.450 e. The minimum atomic E-state index is -0.628. The molecule has 0 saturated carbocycles. The van der Waals surface area contributed by atoms with Gasteiger partial charge in [-0.2, -0.15) is 0 Å². The molecule has 0 radical (unpaired) electrons. The van der Waals surface area contributed by atoms with Gasteiger partial charge >= 0.3 is 0 Å². The Morgan fingerprint density at radius 2 is 1.71 bits per heavy atom. The number of carbonyl (C=O) groups excluding carboxylic acids is 1. The fourth-order valence-electron chi connectivity index (χ4n) is 4.39. The number of carbonyl (C=O) groups is 1. The highest BCUT2D eigenvalue weighted by Gasteiger charge is 2.45. The van der Waals surface area contributed by atoms with Gasteiger partial charge in [0.05, 0.1) is 17.0 Å². The highest BCUT2D eigenvalue weighted by Crippen LogP contribution is 2.42. The van der Waals surface area contributed by atoms with Crippen molar-refractivity contribution in [3.05, 3.63) is 85.2 Å². The van der Waals surface area contributed by atoms with E-state index in [0.29, 0.717) is 21.7 Å². The molecule has 3 heterocycles. The van der Waals surface area contributed by atoms with Gasteiger partial charge in [-0.15, -0.1) is 10.2 Å². The lowest BCUT2D eigenvalue weighted by molar-refractivity contribution is 0.0970. The Kier molecular flexibility index (Phi) is 5.20. The number of rotatable bonds is 3. The number of fused-ring (bicyclic) bond motifs is 2. The molecule has 34 heavy (non-hydrogen) atoms. The van der Waals surface area contributed by atoms with E-state index in [0.717, 1.165) is 28.1 Å². The summed E-state index contributed by atoms with van der Waals surface area (Å²) >= 11 is 1.36. The third-order valence-corrected chi connectivity index (χ3v) is 7.61. The lowest BCUT2D eigenvalue weighted by Gasteiger charge is -2.24. The molecule has 1 atom stereocenters. The summed E-state index contributed by atoms with van der Waals surface area (Å²) in [5, 5.41) is 10.3. The predicted octanol–water partition coefficient (Wildman–Crippen LogP) is 5.87. The SMILES string of the molecule is CCc1nnc(N2C(=O)c3oc4cc(C)c(C)cc4c(=O)c3C2c2ccc(C(C)(C)C)cc2)s1. The number of aromatic nitrogens is 2. The molecule has 0 saturated heterocycles. The molecule has 1 aliphatic heterocycles. The second-order valence-corrected chi connectivity index (χ2v) is 10.9. The van der Waals surface area contributed by atoms with E-state index in [1.807, 2.05) is 45.0 Å². The Hall–Kier alpha value is -3.32. The molecule has 6 nitrogen and oxygen atoms in total. The number of benzene rings is 2. The van der Waals surface area contributed by atoms with Crippen LogP contribution in [0.5, 0.6) is 0 Å². The van der Waals surface area contributed by atoms with E-state index in [2.05, 4.69) is 43.1 Å². The summed E-state index contributed by atoms with van der Waals surface area (Å²) in [6.07, 6.45) is 0.719. The zero-order valence-corrected chi connectivity index (χ0v) is 21.0. The van der Waals surface area contributed by atoms with Crippen LogP contribution in [0.3, 0.4) is 0 Å². The van der Waals surface area contributed by atoms with Crippen LogP contribution in [0, 0.1) is 13.8 Å². The average molecular weight is 474 g/mol.